The number of rotatable bonds is 5. The van der Waals surface area contributed by atoms with Crippen LogP contribution in [0.2, 0.25) is 10.0 Å². The van der Waals surface area contributed by atoms with Gasteiger partial charge >= 0.3 is 0 Å². The molecule has 1 aliphatic rings. The lowest BCUT2D eigenvalue weighted by Gasteiger charge is -2.11. The summed E-state index contributed by atoms with van der Waals surface area (Å²) in [5, 5.41) is 4.85. The molecule has 1 aliphatic carbocycles. The zero-order chi connectivity index (χ0) is 15.0. The molecule has 0 amide bonds. The van der Waals surface area contributed by atoms with Crippen LogP contribution < -0.4 is 5.73 Å². The number of anilines is 1. The molecular formula is C14H15Cl2N3O2. The summed E-state index contributed by atoms with van der Waals surface area (Å²) in [6.45, 7) is 2.56. The Bertz CT molecular complexity index is 656. The van der Waals surface area contributed by atoms with Crippen LogP contribution in [0.1, 0.15) is 31.7 Å². The molecule has 1 unspecified atom stereocenters. The second kappa shape index (κ2) is 5.83. The molecular weight excluding hydrogens is 313 g/mol. The standard InChI is InChI=1S/C14H15Cl2N3O2/c1-2-20-12(7-3-4-7)13-18-14(21-19-13)9-5-8(15)6-10(16)11(9)17/h5-7,12H,2-4,17H2,1H3. The smallest absolute Gasteiger partial charge is 0.260 e. The number of hydrogen-bond acceptors (Lipinski definition) is 5. The number of ether oxygens (including phenoxy) is 1. The Kier molecular flexibility index (Phi) is 4.06. The minimum atomic E-state index is -0.122. The van der Waals surface area contributed by atoms with E-state index in [0.29, 0.717) is 45.5 Å². The summed E-state index contributed by atoms with van der Waals surface area (Å²) in [5.41, 5.74) is 6.86. The zero-order valence-electron chi connectivity index (χ0n) is 11.5. The Balaban J connectivity index is 1.94. The van der Waals surface area contributed by atoms with Crippen molar-refractivity contribution in [3.05, 3.63) is 28.0 Å². The van der Waals surface area contributed by atoms with Crippen molar-refractivity contribution in [2.24, 2.45) is 5.92 Å². The van der Waals surface area contributed by atoms with Crippen molar-refractivity contribution in [3.63, 3.8) is 0 Å². The molecule has 2 N–H and O–H groups in total. The first-order chi connectivity index (χ1) is 10.1. The molecule has 1 heterocycles. The summed E-state index contributed by atoms with van der Waals surface area (Å²) in [7, 11) is 0. The summed E-state index contributed by atoms with van der Waals surface area (Å²) >= 11 is 12.0. The first kappa shape index (κ1) is 14.6. The molecule has 0 bridgehead atoms. The topological polar surface area (TPSA) is 74.2 Å². The van der Waals surface area contributed by atoms with Crippen LogP contribution in [0, 0.1) is 5.92 Å². The molecule has 3 rings (SSSR count). The molecule has 7 heteroatoms. The molecule has 5 nitrogen and oxygen atoms in total. The van der Waals surface area contributed by atoms with E-state index in [9.17, 15) is 0 Å². The average molecular weight is 328 g/mol. The van der Waals surface area contributed by atoms with Gasteiger partial charge in [0.15, 0.2) is 0 Å². The van der Waals surface area contributed by atoms with Gasteiger partial charge in [-0.05, 0) is 37.8 Å². The van der Waals surface area contributed by atoms with Crippen LogP contribution >= 0.6 is 23.2 Å². The van der Waals surface area contributed by atoms with Gasteiger partial charge in [0.2, 0.25) is 5.82 Å². The average Bonchev–Trinajstić information content (AvgIpc) is 3.17. The second-order valence-electron chi connectivity index (χ2n) is 5.02. The minimum Gasteiger partial charge on any atom is -0.397 e. The fraction of sp³-hybridized carbons (Fsp3) is 0.429. The number of hydrogen-bond donors (Lipinski definition) is 1. The van der Waals surface area contributed by atoms with Gasteiger partial charge in [-0.15, -0.1) is 0 Å². The maximum Gasteiger partial charge on any atom is 0.260 e. The Hall–Kier alpha value is -1.30. The van der Waals surface area contributed by atoms with Crippen molar-refractivity contribution in [2.45, 2.75) is 25.9 Å². The molecule has 1 aromatic carbocycles. The minimum absolute atomic E-state index is 0.122. The maximum atomic E-state index is 6.02. The lowest BCUT2D eigenvalue weighted by molar-refractivity contribution is 0.0385. The van der Waals surface area contributed by atoms with Gasteiger partial charge in [-0.1, -0.05) is 28.4 Å². The van der Waals surface area contributed by atoms with Gasteiger partial charge < -0.3 is 15.0 Å². The van der Waals surface area contributed by atoms with Gasteiger partial charge in [-0.2, -0.15) is 4.98 Å². The number of aromatic nitrogens is 2. The van der Waals surface area contributed by atoms with E-state index in [1.54, 1.807) is 12.1 Å². The normalized spacial score (nSPS) is 16.1. The molecule has 0 aliphatic heterocycles. The number of nitrogen functional groups attached to an aromatic ring is 1. The van der Waals surface area contributed by atoms with E-state index >= 15 is 0 Å². The third-order valence-electron chi connectivity index (χ3n) is 3.42. The van der Waals surface area contributed by atoms with Crippen LogP contribution in [-0.2, 0) is 4.74 Å². The van der Waals surface area contributed by atoms with E-state index in [-0.39, 0.29) is 6.10 Å². The molecule has 1 aromatic heterocycles. The van der Waals surface area contributed by atoms with Crippen LogP contribution in [0.3, 0.4) is 0 Å². The predicted octanol–water partition coefficient (Wildman–Crippen LogP) is 4.11. The highest BCUT2D eigenvalue weighted by Crippen LogP contribution is 2.43. The molecule has 0 radical (unpaired) electrons. The van der Waals surface area contributed by atoms with Crippen LogP contribution in [-0.4, -0.2) is 16.7 Å². The van der Waals surface area contributed by atoms with E-state index in [1.165, 1.54) is 0 Å². The molecule has 21 heavy (non-hydrogen) atoms. The quantitative estimate of drug-likeness (QED) is 0.836. The molecule has 1 fully saturated rings. The first-order valence-corrected chi connectivity index (χ1v) is 7.55. The summed E-state index contributed by atoms with van der Waals surface area (Å²) in [6, 6.07) is 3.24. The third kappa shape index (κ3) is 3.00. The molecule has 0 spiro atoms. The largest absolute Gasteiger partial charge is 0.397 e. The van der Waals surface area contributed by atoms with Gasteiger partial charge in [0, 0.05) is 11.6 Å². The number of nitrogens with zero attached hydrogens (tertiary/aromatic N) is 2. The van der Waals surface area contributed by atoms with Gasteiger partial charge in [0.25, 0.3) is 5.89 Å². The van der Waals surface area contributed by atoms with E-state index in [2.05, 4.69) is 10.1 Å². The second-order valence-corrected chi connectivity index (χ2v) is 5.86. The number of nitrogens with two attached hydrogens (primary N) is 1. The Morgan fingerprint density at radius 1 is 1.43 bits per heavy atom. The molecule has 0 saturated heterocycles. The maximum absolute atomic E-state index is 6.02. The fourth-order valence-corrected chi connectivity index (χ4v) is 2.71. The van der Waals surface area contributed by atoms with Crippen LogP contribution in [0.25, 0.3) is 11.5 Å². The van der Waals surface area contributed by atoms with Crippen molar-refractivity contribution in [3.8, 4) is 11.5 Å². The highest BCUT2D eigenvalue weighted by atomic mass is 35.5. The SMILES string of the molecule is CCOC(c1noc(-c2cc(Cl)cc(Cl)c2N)n1)C1CC1. The van der Waals surface area contributed by atoms with Crippen molar-refractivity contribution < 1.29 is 9.26 Å². The number of benzene rings is 1. The first-order valence-electron chi connectivity index (χ1n) is 6.80. The van der Waals surface area contributed by atoms with Gasteiger partial charge in [0.05, 0.1) is 16.3 Å². The summed E-state index contributed by atoms with van der Waals surface area (Å²) in [6.07, 6.45) is 2.13. The molecule has 112 valence electrons. The Labute approximate surface area is 132 Å². The van der Waals surface area contributed by atoms with Crippen LogP contribution in [0.15, 0.2) is 16.7 Å². The van der Waals surface area contributed by atoms with Crippen LogP contribution in [0.4, 0.5) is 5.69 Å². The van der Waals surface area contributed by atoms with Gasteiger partial charge in [-0.3, -0.25) is 0 Å². The summed E-state index contributed by atoms with van der Waals surface area (Å²) in [5.74, 6) is 1.32. The van der Waals surface area contributed by atoms with Gasteiger partial charge in [0.1, 0.15) is 6.10 Å². The summed E-state index contributed by atoms with van der Waals surface area (Å²) in [4.78, 5) is 4.40. The summed E-state index contributed by atoms with van der Waals surface area (Å²) < 4.78 is 11.0. The van der Waals surface area contributed by atoms with Crippen molar-refractivity contribution >= 4 is 28.9 Å². The molecule has 2 aromatic rings. The third-order valence-corrected chi connectivity index (χ3v) is 3.95. The van der Waals surface area contributed by atoms with E-state index in [1.807, 2.05) is 6.92 Å². The lowest BCUT2D eigenvalue weighted by atomic mass is 10.1. The highest BCUT2D eigenvalue weighted by Gasteiger charge is 2.36. The van der Waals surface area contributed by atoms with Gasteiger partial charge in [-0.25, -0.2) is 0 Å². The molecule has 1 saturated carbocycles. The van der Waals surface area contributed by atoms with Crippen molar-refractivity contribution in [1.29, 1.82) is 0 Å². The lowest BCUT2D eigenvalue weighted by Crippen LogP contribution is -2.08. The molecule has 1 atom stereocenters. The van der Waals surface area contributed by atoms with Crippen molar-refractivity contribution in [1.82, 2.24) is 10.1 Å². The van der Waals surface area contributed by atoms with Crippen LogP contribution in [0.5, 0.6) is 0 Å². The highest BCUT2D eigenvalue weighted by molar-refractivity contribution is 6.37. The Morgan fingerprint density at radius 3 is 2.86 bits per heavy atom. The number of halogens is 2. The Morgan fingerprint density at radius 2 is 2.19 bits per heavy atom. The zero-order valence-corrected chi connectivity index (χ0v) is 13.0. The van der Waals surface area contributed by atoms with E-state index in [4.69, 9.17) is 38.2 Å². The fourth-order valence-electron chi connectivity index (χ4n) is 2.22. The monoisotopic (exact) mass is 327 g/mol. The van der Waals surface area contributed by atoms with E-state index in [0.717, 1.165) is 12.8 Å². The van der Waals surface area contributed by atoms with E-state index < -0.39 is 0 Å². The predicted molar refractivity (Wildman–Crippen MR) is 81.3 cm³/mol. The van der Waals surface area contributed by atoms with Crippen molar-refractivity contribution in [2.75, 3.05) is 12.3 Å².